The van der Waals surface area contributed by atoms with Crippen molar-refractivity contribution in [1.82, 2.24) is 0 Å². The molecule has 0 aromatic rings. The average Bonchev–Trinajstić information content (AvgIpc) is 1.89. The summed E-state index contributed by atoms with van der Waals surface area (Å²) >= 11 is 0. The van der Waals surface area contributed by atoms with Gasteiger partial charge in [0.1, 0.15) is 5.60 Å². The van der Waals surface area contributed by atoms with Gasteiger partial charge in [-0.25, -0.2) is 0 Å². The smallest absolute Gasteiger partial charge is 0.125 e. The molecule has 3 nitrogen and oxygen atoms in total. The summed E-state index contributed by atoms with van der Waals surface area (Å²) in [5.74, 6) is 0. The molecule has 0 aromatic heterocycles. The standard InChI is InChI=1S/C7H13NO2/c1-6(9)7(10)3-2-4-8-5-7/h5-6,9-10H,2-4H2,1H3. The summed E-state index contributed by atoms with van der Waals surface area (Å²) in [5, 5.41) is 18.6. The van der Waals surface area contributed by atoms with Crippen LogP contribution in [-0.4, -0.2) is 34.7 Å². The summed E-state index contributed by atoms with van der Waals surface area (Å²) in [5.41, 5.74) is -1.06. The minimum atomic E-state index is -1.06. The number of hydrogen-bond acceptors (Lipinski definition) is 3. The van der Waals surface area contributed by atoms with E-state index in [1.165, 1.54) is 6.21 Å². The highest BCUT2D eigenvalue weighted by Gasteiger charge is 2.31. The van der Waals surface area contributed by atoms with Gasteiger partial charge in [-0.15, -0.1) is 0 Å². The zero-order valence-electron chi connectivity index (χ0n) is 6.12. The summed E-state index contributed by atoms with van der Waals surface area (Å²) in [6, 6.07) is 0. The lowest BCUT2D eigenvalue weighted by atomic mass is 9.92. The Kier molecular flexibility index (Phi) is 2.06. The van der Waals surface area contributed by atoms with Gasteiger partial charge in [0, 0.05) is 12.8 Å². The van der Waals surface area contributed by atoms with Crippen LogP contribution in [0.5, 0.6) is 0 Å². The third-order valence-corrected chi connectivity index (χ3v) is 1.90. The minimum absolute atomic E-state index is 0.619. The molecule has 2 N–H and O–H groups in total. The van der Waals surface area contributed by atoms with Crippen molar-refractivity contribution in [2.24, 2.45) is 4.99 Å². The van der Waals surface area contributed by atoms with Crippen molar-refractivity contribution >= 4 is 6.21 Å². The first-order valence-electron chi connectivity index (χ1n) is 3.56. The first kappa shape index (κ1) is 7.69. The van der Waals surface area contributed by atoms with E-state index in [0.717, 1.165) is 13.0 Å². The van der Waals surface area contributed by atoms with E-state index in [0.29, 0.717) is 6.42 Å². The Morgan fingerprint density at radius 3 is 2.70 bits per heavy atom. The molecule has 1 aliphatic rings. The Balaban J connectivity index is 2.65. The highest BCUT2D eigenvalue weighted by molar-refractivity contribution is 5.69. The van der Waals surface area contributed by atoms with Crippen LogP contribution in [-0.2, 0) is 0 Å². The minimum Gasteiger partial charge on any atom is -0.390 e. The molecule has 0 spiro atoms. The molecular formula is C7H13NO2. The zero-order chi connectivity index (χ0) is 7.61. The van der Waals surface area contributed by atoms with Crippen LogP contribution < -0.4 is 0 Å². The van der Waals surface area contributed by atoms with Crippen molar-refractivity contribution in [3.63, 3.8) is 0 Å². The molecule has 10 heavy (non-hydrogen) atoms. The fraction of sp³-hybridized carbons (Fsp3) is 0.857. The van der Waals surface area contributed by atoms with Crippen molar-refractivity contribution in [3.8, 4) is 0 Å². The summed E-state index contributed by atoms with van der Waals surface area (Å²) in [4.78, 5) is 3.92. The van der Waals surface area contributed by atoms with Gasteiger partial charge in [-0.1, -0.05) is 0 Å². The van der Waals surface area contributed by atoms with Gasteiger partial charge in [0.2, 0.25) is 0 Å². The highest BCUT2D eigenvalue weighted by atomic mass is 16.3. The Morgan fingerprint density at radius 1 is 1.70 bits per heavy atom. The maximum Gasteiger partial charge on any atom is 0.125 e. The van der Waals surface area contributed by atoms with Gasteiger partial charge in [0.05, 0.1) is 6.10 Å². The number of rotatable bonds is 1. The Morgan fingerprint density at radius 2 is 2.40 bits per heavy atom. The lowest BCUT2D eigenvalue weighted by Crippen LogP contribution is -2.43. The molecule has 0 saturated carbocycles. The quantitative estimate of drug-likeness (QED) is 0.541. The topological polar surface area (TPSA) is 52.8 Å². The summed E-state index contributed by atoms with van der Waals surface area (Å²) in [6.07, 6.45) is 2.23. The van der Waals surface area contributed by atoms with Crippen LogP contribution in [0, 0.1) is 0 Å². The predicted molar refractivity (Wildman–Crippen MR) is 39.2 cm³/mol. The molecule has 1 aliphatic heterocycles. The molecule has 1 heterocycles. The lowest BCUT2D eigenvalue weighted by molar-refractivity contribution is -0.0190. The fourth-order valence-corrected chi connectivity index (χ4v) is 1.06. The van der Waals surface area contributed by atoms with E-state index >= 15 is 0 Å². The Hall–Kier alpha value is -0.410. The van der Waals surface area contributed by atoms with Crippen LogP contribution >= 0.6 is 0 Å². The van der Waals surface area contributed by atoms with E-state index in [2.05, 4.69) is 4.99 Å². The molecule has 0 aliphatic carbocycles. The number of aliphatic imine (C=N–C) groups is 1. The van der Waals surface area contributed by atoms with Crippen LogP contribution in [0.4, 0.5) is 0 Å². The van der Waals surface area contributed by atoms with E-state index in [4.69, 9.17) is 5.11 Å². The molecule has 2 atom stereocenters. The van der Waals surface area contributed by atoms with Crippen molar-refractivity contribution in [1.29, 1.82) is 0 Å². The molecule has 1 rings (SSSR count). The van der Waals surface area contributed by atoms with E-state index in [1.54, 1.807) is 6.92 Å². The third kappa shape index (κ3) is 1.36. The van der Waals surface area contributed by atoms with Gasteiger partial charge >= 0.3 is 0 Å². The second kappa shape index (κ2) is 2.68. The fourth-order valence-electron chi connectivity index (χ4n) is 1.06. The van der Waals surface area contributed by atoms with Crippen molar-refractivity contribution in [2.45, 2.75) is 31.5 Å². The van der Waals surface area contributed by atoms with Gasteiger partial charge in [0.25, 0.3) is 0 Å². The van der Waals surface area contributed by atoms with E-state index in [-0.39, 0.29) is 0 Å². The second-order valence-corrected chi connectivity index (χ2v) is 2.81. The van der Waals surface area contributed by atoms with Crippen LogP contribution in [0.15, 0.2) is 4.99 Å². The SMILES string of the molecule is CC(O)C1(O)C=NCCC1. The van der Waals surface area contributed by atoms with Crippen molar-refractivity contribution < 1.29 is 10.2 Å². The van der Waals surface area contributed by atoms with E-state index in [9.17, 15) is 5.11 Å². The second-order valence-electron chi connectivity index (χ2n) is 2.81. The van der Waals surface area contributed by atoms with E-state index in [1.807, 2.05) is 0 Å². The molecule has 0 radical (unpaired) electrons. The van der Waals surface area contributed by atoms with Crippen molar-refractivity contribution in [2.75, 3.05) is 6.54 Å². The molecule has 0 bridgehead atoms. The van der Waals surface area contributed by atoms with Gasteiger partial charge in [-0.3, -0.25) is 4.99 Å². The third-order valence-electron chi connectivity index (χ3n) is 1.90. The van der Waals surface area contributed by atoms with Gasteiger partial charge in [0.15, 0.2) is 0 Å². The molecule has 3 heteroatoms. The van der Waals surface area contributed by atoms with Gasteiger partial charge in [-0.2, -0.15) is 0 Å². The molecule has 0 amide bonds. The van der Waals surface area contributed by atoms with Gasteiger partial charge in [-0.05, 0) is 19.8 Å². The normalized spacial score (nSPS) is 35.9. The van der Waals surface area contributed by atoms with Gasteiger partial charge < -0.3 is 10.2 Å². The first-order chi connectivity index (χ1) is 4.65. The first-order valence-corrected chi connectivity index (χ1v) is 3.56. The molecule has 2 unspecified atom stereocenters. The largest absolute Gasteiger partial charge is 0.390 e. The molecular weight excluding hydrogens is 130 g/mol. The monoisotopic (exact) mass is 143 g/mol. The highest BCUT2D eigenvalue weighted by Crippen LogP contribution is 2.18. The molecule has 58 valence electrons. The summed E-state index contributed by atoms with van der Waals surface area (Å²) in [6.45, 7) is 2.35. The number of nitrogens with zero attached hydrogens (tertiary/aromatic N) is 1. The summed E-state index contributed by atoms with van der Waals surface area (Å²) < 4.78 is 0. The predicted octanol–water partition coefficient (Wildman–Crippen LogP) is -0.0371. The van der Waals surface area contributed by atoms with Crippen molar-refractivity contribution in [3.05, 3.63) is 0 Å². The van der Waals surface area contributed by atoms with Crippen LogP contribution in [0.3, 0.4) is 0 Å². The Bertz CT molecular complexity index is 145. The zero-order valence-corrected chi connectivity index (χ0v) is 6.12. The van der Waals surface area contributed by atoms with Crippen LogP contribution in [0.25, 0.3) is 0 Å². The number of aliphatic hydroxyl groups excluding tert-OH is 1. The number of hydrogen-bond donors (Lipinski definition) is 2. The average molecular weight is 143 g/mol. The number of aliphatic hydroxyl groups is 2. The maximum atomic E-state index is 9.55. The van der Waals surface area contributed by atoms with E-state index < -0.39 is 11.7 Å². The molecule has 0 saturated heterocycles. The van der Waals surface area contributed by atoms with Crippen LogP contribution in [0.2, 0.25) is 0 Å². The van der Waals surface area contributed by atoms with Crippen LogP contribution in [0.1, 0.15) is 19.8 Å². The summed E-state index contributed by atoms with van der Waals surface area (Å²) in [7, 11) is 0. The Labute approximate surface area is 60.4 Å². The lowest BCUT2D eigenvalue weighted by Gasteiger charge is -2.29. The maximum absolute atomic E-state index is 9.55. The molecule has 0 aromatic carbocycles. The molecule has 0 fully saturated rings.